The van der Waals surface area contributed by atoms with Gasteiger partial charge in [0.1, 0.15) is 0 Å². The summed E-state index contributed by atoms with van der Waals surface area (Å²) in [6.45, 7) is 11.0. The Morgan fingerprint density at radius 2 is 0.833 bits per heavy atom. The topological polar surface area (TPSA) is 87.4 Å². The van der Waals surface area contributed by atoms with E-state index in [0.29, 0.717) is 26.2 Å². The fraction of sp³-hybridized carbons (Fsp3) is 1.00. The SMILES string of the molecule is CC(O)CN(CCSSCCN(CC(C)O)CC(C)O)CC(C)O. The van der Waals surface area contributed by atoms with Crippen LogP contribution >= 0.6 is 21.6 Å². The van der Waals surface area contributed by atoms with Gasteiger partial charge in [-0.25, -0.2) is 0 Å². The molecule has 0 rings (SSSR count). The Hall–Kier alpha value is 0.460. The van der Waals surface area contributed by atoms with Crippen LogP contribution in [0.5, 0.6) is 0 Å². The quantitative estimate of drug-likeness (QED) is 0.240. The maximum atomic E-state index is 9.50. The molecule has 24 heavy (non-hydrogen) atoms. The van der Waals surface area contributed by atoms with Crippen LogP contribution in [-0.4, -0.2) is 105 Å². The van der Waals surface area contributed by atoms with Crippen molar-refractivity contribution in [3.8, 4) is 0 Å². The van der Waals surface area contributed by atoms with Gasteiger partial charge >= 0.3 is 0 Å². The van der Waals surface area contributed by atoms with Crippen molar-refractivity contribution in [2.75, 3.05) is 50.8 Å². The highest BCUT2D eigenvalue weighted by Crippen LogP contribution is 2.21. The van der Waals surface area contributed by atoms with Gasteiger partial charge in [-0.1, -0.05) is 21.6 Å². The number of aliphatic hydroxyl groups excluding tert-OH is 4. The summed E-state index contributed by atoms with van der Waals surface area (Å²) in [4.78, 5) is 4.16. The Kier molecular flexibility index (Phi) is 14.9. The molecule has 0 amide bonds. The van der Waals surface area contributed by atoms with Gasteiger partial charge in [-0.15, -0.1) is 0 Å². The van der Waals surface area contributed by atoms with E-state index >= 15 is 0 Å². The summed E-state index contributed by atoms with van der Waals surface area (Å²) < 4.78 is 0. The highest BCUT2D eigenvalue weighted by atomic mass is 33.1. The van der Waals surface area contributed by atoms with Crippen LogP contribution < -0.4 is 0 Å². The van der Waals surface area contributed by atoms with E-state index in [2.05, 4.69) is 9.80 Å². The van der Waals surface area contributed by atoms with E-state index in [1.807, 2.05) is 0 Å². The summed E-state index contributed by atoms with van der Waals surface area (Å²) in [5.41, 5.74) is 0. The summed E-state index contributed by atoms with van der Waals surface area (Å²) in [7, 11) is 3.55. The van der Waals surface area contributed by atoms with E-state index in [1.165, 1.54) is 0 Å². The number of nitrogens with zero attached hydrogens (tertiary/aromatic N) is 2. The van der Waals surface area contributed by atoms with E-state index in [1.54, 1.807) is 49.3 Å². The molecule has 4 unspecified atom stereocenters. The standard InChI is InChI=1S/C16H36N2O4S2/c1-13(19)9-17(10-14(2)20)5-7-23-24-8-6-18(11-15(3)21)12-16(4)22/h13-16,19-22H,5-12H2,1-4H3. The van der Waals surface area contributed by atoms with Crippen LogP contribution in [-0.2, 0) is 0 Å². The van der Waals surface area contributed by atoms with Crippen LogP contribution in [0.1, 0.15) is 27.7 Å². The minimum atomic E-state index is -0.393. The fourth-order valence-corrected chi connectivity index (χ4v) is 4.51. The molecule has 4 N–H and O–H groups in total. The zero-order valence-corrected chi connectivity index (χ0v) is 17.1. The van der Waals surface area contributed by atoms with Gasteiger partial charge in [0.25, 0.3) is 0 Å². The van der Waals surface area contributed by atoms with Gasteiger partial charge in [0.15, 0.2) is 0 Å². The van der Waals surface area contributed by atoms with E-state index in [9.17, 15) is 20.4 Å². The molecule has 0 radical (unpaired) electrons. The highest BCUT2D eigenvalue weighted by molar-refractivity contribution is 8.76. The Balaban J connectivity index is 3.91. The average Bonchev–Trinajstić information content (AvgIpc) is 2.39. The summed E-state index contributed by atoms with van der Waals surface area (Å²) in [5.74, 6) is 1.85. The molecule has 0 aromatic carbocycles. The molecule has 4 atom stereocenters. The van der Waals surface area contributed by atoms with Crippen LogP contribution in [0.4, 0.5) is 0 Å². The van der Waals surface area contributed by atoms with E-state index in [-0.39, 0.29) is 0 Å². The molecule has 0 aliphatic rings. The van der Waals surface area contributed by atoms with Crippen molar-refractivity contribution >= 4 is 21.6 Å². The minimum absolute atomic E-state index is 0.393. The molecule has 0 heterocycles. The normalized spacial score (nSPS) is 17.2. The number of rotatable bonds is 15. The molecule has 0 saturated carbocycles. The van der Waals surface area contributed by atoms with Crippen LogP contribution in [0, 0.1) is 0 Å². The zero-order chi connectivity index (χ0) is 18.5. The molecule has 8 heteroatoms. The Bertz CT molecular complexity index is 247. The summed E-state index contributed by atoms with van der Waals surface area (Å²) in [6.07, 6.45) is -1.57. The molecule has 146 valence electrons. The van der Waals surface area contributed by atoms with E-state index in [0.717, 1.165) is 24.6 Å². The first-order valence-electron chi connectivity index (χ1n) is 8.62. The predicted molar refractivity (Wildman–Crippen MR) is 105 cm³/mol. The van der Waals surface area contributed by atoms with Crippen molar-refractivity contribution in [3.05, 3.63) is 0 Å². The molecule has 0 aromatic rings. The Labute approximate surface area is 155 Å². The molecular weight excluding hydrogens is 348 g/mol. The molecule has 0 fully saturated rings. The van der Waals surface area contributed by atoms with Crippen molar-refractivity contribution < 1.29 is 20.4 Å². The van der Waals surface area contributed by atoms with E-state index in [4.69, 9.17) is 0 Å². The van der Waals surface area contributed by atoms with Gasteiger partial charge in [0.05, 0.1) is 24.4 Å². The van der Waals surface area contributed by atoms with Crippen LogP contribution in [0.15, 0.2) is 0 Å². The van der Waals surface area contributed by atoms with Gasteiger partial charge in [0, 0.05) is 50.8 Å². The lowest BCUT2D eigenvalue weighted by atomic mass is 10.3. The molecule has 0 bridgehead atoms. The van der Waals surface area contributed by atoms with Gasteiger partial charge < -0.3 is 20.4 Å². The highest BCUT2D eigenvalue weighted by Gasteiger charge is 2.12. The third-order valence-electron chi connectivity index (χ3n) is 3.15. The zero-order valence-electron chi connectivity index (χ0n) is 15.5. The molecule has 0 saturated heterocycles. The summed E-state index contributed by atoms with van der Waals surface area (Å²) in [5, 5.41) is 38.0. The molecular formula is C16H36N2O4S2. The number of hydrogen-bond acceptors (Lipinski definition) is 8. The monoisotopic (exact) mass is 384 g/mol. The lowest BCUT2D eigenvalue weighted by Crippen LogP contribution is -2.38. The van der Waals surface area contributed by atoms with Crippen LogP contribution in [0.2, 0.25) is 0 Å². The first-order valence-corrected chi connectivity index (χ1v) is 11.1. The van der Waals surface area contributed by atoms with Crippen LogP contribution in [0.3, 0.4) is 0 Å². The van der Waals surface area contributed by atoms with Gasteiger partial charge in [-0.2, -0.15) is 0 Å². The summed E-state index contributed by atoms with van der Waals surface area (Å²) in [6, 6.07) is 0. The lowest BCUT2D eigenvalue weighted by molar-refractivity contribution is 0.0870. The smallest absolute Gasteiger partial charge is 0.0639 e. The first kappa shape index (κ1) is 24.5. The second-order valence-electron chi connectivity index (χ2n) is 6.56. The van der Waals surface area contributed by atoms with Crippen molar-refractivity contribution in [2.24, 2.45) is 0 Å². The summed E-state index contributed by atoms with van der Waals surface area (Å²) >= 11 is 0. The maximum absolute atomic E-state index is 9.50. The predicted octanol–water partition coefficient (Wildman–Crippen LogP) is 0.495. The van der Waals surface area contributed by atoms with Crippen molar-refractivity contribution in [2.45, 2.75) is 52.1 Å². The first-order chi connectivity index (χ1) is 11.2. The van der Waals surface area contributed by atoms with Crippen LogP contribution in [0.25, 0.3) is 0 Å². The second kappa shape index (κ2) is 14.6. The fourth-order valence-electron chi connectivity index (χ4n) is 2.46. The van der Waals surface area contributed by atoms with Crippen molar-refractivity contribution in [1.82, 2.24) is 9.80 Å². The molecule has 6 nitrogen and oxygen atoms in total. The van der Waals surface area contributed by atoms with E-state index < -0.39 is 24.4 Å². The Morgan fingerprint density at radius 3 is 1.04 bits per heavy atom. The molecule has 0 aromatic heterocycles. The van der Waals surface area contributed by atoms with Crippen molar-refractivity contribution in [1.29, 1.82) is 0 Å². The third kappa shape index (κ3) is 16.0. The molecule has 0 aliphatic heterocycles. The largest absolute Gasteiger partial charge is 0.392 e. The average molecular weight is 385 g/mol. The van der Waals surface area contributed by atoms with Gasteiger partial charge in [-0.05, 0) is 27.7 Å². The maximum Gasteiger partial charge on any atom is 0.0639 e. The lowest BCUT2D eigenvalue weighted by Gasteiger charge is -2.25. The molecule has 0 spiro atoms. The van der Waals surface area contributed by atoms with Gasteiger partial charge in [-0.3, -0.25) is 9.80 Å². The number of hydrogen-bond donors (Lipinski definition) is 4. The second-order valence-corrected chi connectivity index (χ2v) is 9.26. The Morgan fingerprint density at radius 1 is 0.583 bits per heavy atom. The number of aliphatic hydroxyl groups is 4. The van der Waals surface area contributed by atoms with Crippen molar-refractivity contribution in [3.63, 3.8) is 0 Å². The minimum Gasteiger partial charge on any atom is -0.392 e. The van der Waals surface area contributed by atoms with Gasteiger partial charge in [0.2, 0.25) is 0 Å². The third-order valence-corrected chi connectivity index (χ3v) is 5.52. The molecule has 0 aliphatic carbocycles.